The van der Waals surface area contributed by atoms with Crippen molar-refractivity contribution in [1.82, 2.24) is 10.6 Å². The number of nitrogens with zero attached hydrogens (tertiary/aromatic N) is 1. The van der Waals surface area contributed by atoms with Gasteiger partial charge in [-0.2, -0.15) is 0 Å². The number of halogens is 1. The first-order valence-electron chi connectivity index (χ1n) is 9.83. The Morgan fingerprint density at radius 3 is 2.40 bits per heavy atom. The number of furan rings is 1. The standard InChI is InChI=1S/C22H33N3O4.HI/c1-7-23-21(25-14-22(4,26)18-12-15(2)29-16(18)3)24-11-10-17-8-9-19(27-5)20(13-17)28-6;/h8-9,12-13,26H,7,10-11,14H2,1-6H3,(H2,23,24,25);1H. The lowest BCUT2D eigenvalue weighted by atomic mass is 9.96. The Balaban J connectivity index is 0.00000450. The van der Waals surface area contributed by atoms with Crippen LogP contribution in [0.1, 0.15) is 36.5 Å². The predicted molar refractivity (Wildman–Crippen MR) is 130 cm³/mol. The van der Waals surface area contributed by atoms with Gasteiger partial charge in [0.05, 0.1) is 20.8 Å². The van der Waals surface area contributed by atoms with Crippen molar-refractivity contribution in [1.29, 1.82) is 0 Å². The summed E-state index contributed by atoms with van der Waals surface area (Å²) < 4.78 is 16.2. The molecular formula is C22H34IN3O4. The van der Waals surface area contributed by atoms with Gasteiger partial charge in [-0.05, 0) is 57.9 Å². The van der Waals surface area contributed by atoms with Gasteiger partial charge in [0.15, 0.2) is 17.5 Å². The Morgan fingerprint density at radius 1 is 1.13 bits per heavy atom. The zero-order valence-corrected chi connectivity index (χ0v) is 21.0. The highest BCUT2D eigenvalue weighted by Crippen LogP contribution is 2.28. The van der Waals surface area contributed by atoms with E-state index in [0.29, 0.717) is 29.8 Å². The topological polar surface area (TPSA) is 88.3 Å². The molecule has 0 amide bonds. The SMILES string of the molecule is CCNC(=NCC(C)(O)c1cc(C)oc1C)NCCc1ccc(OC)c(OC)c1.I. The molecule has 30 heavy (non-hydrogen) atoms. The molecule has 168 valence electrons. The van der Waals surface area contributed by atoms with Crippen molar-refractivity contribution in [2.24, 2.45) is 4.99 Å². The summed E-state index contributed by atoms with van der Waals surface area (Å²) in [5.74, 6) is 3.58. The fraction of sp³-hybridized carbons (Fsp3) is 0.500. The molecule has 3 N–H and O–H groups in total. The number of hydrogen-bond donors (Lipinski definition) is 3. The first-order chi connectivity index (χ1) is 13.8. The highest BCUT2D eigenvalue weighted by atomic mass is 127. The summed E-state index contributed by atoms with van der Waals surface area (Å²) >= 11 is 0. The molecular weight excluding hydrogens is 497 g/mol. The van der Waals surface area contributed by atoms with Crippen molar-refractivity contribution >= 4 is 29.9 Å². The molecule has 0 spiro atoms. The first kappa shape index (κ1) is 26.1. The summed E-state index contributed by atoms with van der Waals surface area (Å²) in [4.78, 5) is 4.56. The number of nitrogens with one attached hydrogen (secondary N) is 2. The van der Waals surface area contributed by atoms with Crippen LogP contribution in [0.2, 0.25) is 0 Å². The summed E-state index contributed by atoms with van der Waals surface area (Å²) in [6.45, 7) is 9.12. The van der Waals surface area contributed by atoms with E-state index in [0.717, 1.165) is 29.9 Å². The zero-order chi connectivity index (χ0) is 21.4. The molecule has 0 saturated carbocycles. The monoisotopic (exact) mass is 531 g/mol. The number of benzene rings is 1. The molecule has 0 aliphatic rings. The van der Waals surface area contributed by atoms with Gasteiger partial charge in [0.25, 0.3) is 0 Å². The van der Waals surface area contributed by atoms with Crippen molar-refractivity contribution in [3.63, 3.8) is 0 Å². The normalized spacial score (nSPS) is 13.2. The van der Waals surface area contributed by atoms with Gasteiger partial charge < -0.3 is 29.6 Å². The number of aliphatic imine (C=N–C) groups is 1. The van der Waals surface area contributed by atoms with Crippen molar-refractivity contribution in [2.45, 2.75) is 39.7 Å². The van der Waals surface area contributed by atoms with Crippen LogP contribution in [-0.2, 0) is 12.0 Å². The van der Waals surface area contributed by atoms with E-state index in [1.54, 1.807) is 21.1 Å². The zero-order valence-electron chi connectivity index (χ0n) is 18.7. The number of rotatable bonds is 9. The minimum absolute atomic E-state index is 0. The second-order valence-electron chi connectivity index (χ2n) is 7.16. The van der Waals surface area contributed by atoms with Crippen LogP contribution >= 0.6 is 24.0 Å². The number of methoxy groups -OCH3 is 2. The van der Waals surface area contributed by atoms with E-state index in [2.05, 4.69) is 15.6 Å². The molecule has 1 aromatic heterocycles. The third-order valence-corrected chi connectivity index (χ3v) is 4.66. The van der Waals surface area contributed by atoms with Crippen LogP contribution in [-0.4, -0.2) is 44.9 Å². The molecule has 0 radical (unpaired) electrons. The molecule has 8 heteroatoms. The van der Waals surface area contributed by atoms with E-state index in [4.69, 9.17) is 13.9 Å². The lowest BCUT2D eigenvalue weighted by Crippen LogP contribution is -2.39. The minimum atomic E-state index is -1.10. The van der Waals surface area contributed by atoms with E-state index < -0.39 is 5.60 Å². The Morgan fingerprint density at radius 2 is 1.83 bits per heavy atom. The van der Waals surface area contributed by atoms with Crippen molar-refractivity contribution in [3.8, 4) is 11.5 Å². The summed E-state index contributed by atoms with van der Waals surface area (Å²) in [5, 5.41) is 17.4. The Labute approximate surface area is 196 Å². The van der Waals surface area contributed by atoms with Crippen LogP contribution in [0, 0.1) is 13.8 Å². The molecule has 7 nitrogen and oxygen atoms in total. The van der Waals surface area contributed by atoms with Gasteiger partial charge in [-0.25, -0.2) is 4.99 Å². The first-order valence-corrected chi connectivity index (χ1v) is 9.83. The molecule has 1 unspecified atom stereocenters. The van der Waals surface area contributed by atoms with Crippen LogP contribution in [0.25, 0.3) is 0 Å². The molecule has 0 aliphatic carbocycles. The fourth-order valence-corrected chi connectivity index (χ4v) is 3.19. The summed E-state index contributed by atoms with van der Waals surface area (Å²) in [6.07, 6.45) is 0.793. The van der Waals surface area contributed by atoms with E-state index in [1.807, 2.05) is 45.0 Å². The quantitative estimate of drug-likeness (QED) is 0.261. The lowest BCUT2D eigenvalue weighted by Gasteiger charge is -2.21. The summed E-state index contributed by atoms with van der Waals surface area (Å²) in [7, 11) is 3.25. The maximum Gasteiger partial charge on any atom is 0.191 e. The van der Waals surface area contributed by atoms with Gasteiger partial charge in [0.1, 0.15) is 17.1 Å². The van der Waals surface area contributed by atoms with Crippen molar-refractivity contribution in [2.75, 3.05) is 33.9 Å². The summed E-state index contributed by atoms with van der Waals surface area (Å²) in [5.41, 5.74) is 0.788. The smallest absolute Gasteiger partial charge is 0.191 e. The molecule has 0 bridgehead atoms. The molecule has 2 aromatic rings. The van der Waals surface area contributed by atoms with Gasteiger partial charge in [0, 0.05) is 18.7 Å². The Hall–Kier alpha value is -1.94. The predicted octanol–water partition coefficient (Wildman–Crippen LogP) is 3.54. The second-order valence-corrected chi connectivity index (χ2v) is 7.16. The van der Waals surface area contributed by atoms with E-state index in [-0.39, 0.29) is 30.5 Å². The number of aliphatic hydroxyl groups is 1. The number of aryl methyl sites for hydroxylation is 2. The largest absolute Gasteiger partial charge is 0.493 e. The van der Waals surface area contributed by atoms with Gasteiger partial charge in [0.2, 0.25) is 0 Å². The average molecular weight is 531 g/mol. The highest BCUT2D eigenvalue weighted by molar-refractivity contribution is 14.0. The third-order valence-electron chi connectivity index (χ3n) is 4.66. The van der Waals surface area contributed by atoms with Crippen LogP contribution in [0.15, 0.2) is 33.7 Å². The van der Waals surface area contributed by atoms with Crippen LogP contribution in [0.5, 0.6) is 11.5 Å². The maximum atomic E-state index is 10.9. The van der Waals surface area contributed by atoms with Gasteiger partial charge in [-0.3, -0.25) is 0 Å². The van der Waals surface area contributed by atoms with Crippen LogP contribution in [0.4, 0.5) is 0 Å². The van der Waals surface area contributed by atoms with Gasteiger partial charge in [-0.1, -0.05) is 6.07 Å². The number of guanidine groups is 1. The Bertz CT molecular complexity index is 834. The molecule has 1 aromatic carbocycles. The molecule has 1 atom stereocenters. The average Bonchev–Trinajstić information content (AvgIpc) is 3.05. The van der Waals surface area contributed by atoms with Gasteiger partial charge in [-0.15, -0.1) is 24.0 Å². The van der Waals surface area contributed by atoms with Crippen molar-refractivity contribution in [3.05, 3.63) is 46.9 Å². The molecule has 1 heterocycles. The summed E-state index contributed by atoms with van der Waals surface area (Å²) in [6, 6.07) is 7.75. The number of hydrogen-bond acceptors (Lipinski definition) is 5. The van der Waals surface area contributed by atoms with Crippen LogP contribution < -0.4 is 20.1 Å². The third kappa shape index (κ3) is 7.09. The molecule has 0 aliphatic heterocycles. The van der Waals surface area contributed by atoms with Crippen molar-refractivity contribution < 1.29 is 19.0 Å². The van der Waals surface area contributed by atoms with Crippen LogP contribution in [0.3, 0.4) is 0 Å². The number of ether oxygens (including phenoxy) is 2. The molecule has 0 saturated heterocycles. The minimum Gasteiger partial charge on any atom is -0.493 e. The highest BCUT2D eigenvalue weighted by Gasteiger charge is 2.27. The lowest BCUT2D eigenvalue weighted by molar-refractivity contribution is 0.0657. The second kappa shape index (κ2) is 12.0. The molecule has 0 fully saturated rings. The van der Waals surface area contributed by atoms with Gasteiger partial charge >= 0.3 is 0 Å². The Kier molecular flexibility index (Phi) is 10.5. The molecule has 2 rings (SSSR count). The van der Waals surface area contributed by atoms with E-state index in [1.165, 1.54) is 0 Å². The van der Waals surface area contributed by atoms with E-state index >= 15 is 0 Å². The maximum absolute atomic E-state index is 10.9. The van der Waals surface area contributed by atoms with E-state index in [9.17, 15) is 5.11 Å². The fourth-order valence-electron chi connectivity index (χ4n) is 3.19.